The van der Waals surface area contributed by atoms with Crippen LogP contribution in [0.5, 0.6) is 0 Å². The molecule has 0 amide bonds. The average molecular weight is 210 g/mol. The van der Waals surface area contributed by atoms with Crippen LogP contribution in [0.4, 0.5) is 0 Å². The van der Waals surface area contributed by atoms with Crippen LogP contribution >= 0.6 is 11.8 Å². The van der Waals surface area contributed by atoms with Gasteiger partial charge in [-0.3, -0.25) is 0 Å². The van der Waals surface area contributed by atoms with Gasteiger partial charge < -0.3 is 5.11 Å². The number of hydrogen-bond donors (Lipinski definition) is 1. The summed E-state index contributed by atoms with van der Waals surface area (Å²) in [5.74, 6) is 0. The first kappa shape index (κ1) is 11.6. The van der Waals surface area contributed by atoms with Gasteiger partial charge in [0, 0.05) is 17.1 Å². The molecule has 1 aromatic carbocycles. The maximum absolute atomic E-state index is 8.81. The first-order valence-corrected chi connectivity index (χ1v) is 5.99. The van der Waals surface area contributed by atoms with E-state index in [2.05, 4.69) is 38.1 Å². The van der Waals surface area contributed by atoms with Gasteiger partial charge in [-0.25, -0.2) is 0 Å². The minimum atomic E-state index is 0.287. The average Bonchev–Trinajstić information content (AvgIpc) is 2.19. The third-order valence-corrected chi connectivity index (χ3v) is 3.62. The van der Waals surface area contributed by atoms with E-state index in [-0.39, 0.29) is 6.61 Å². The Bertz CT molecular complexity index is 248. The van der Waals surface area contributed by atoms with Crippen LogP contribution in [0.2, 0.25) is 0 Å². The molecule has 0 aliphatic heterocycles. The molecule has 0 aliphatic rings. The molecule has 14 heavy (non-hydrogen) atoms. The van der Waals surface area contributed by atoms with Crippen molar-refractivity contribution in [3.63, 3.8) is 0 Å². The molecule has 0 fully saturated rings. The van der Waals surface area contributed by atoms with Gasteiger partial charge in [-0.1, -0.05) is 37.3 Å². The molecule has 1 nitrogen and oxygen atoms in total. The molecule has 78 valence electrons. The van der Waals surface area contributed by atoms with E-state index in [0.29, 0.717) is 10.5 Å². The quantitative estimate of drug-likeness (QED) is 0.805. The lowest BCUT2D eigenvalue weighted by Crippen LogP contribution is -2.02. The number of thioether (sulfide) groups is 1. The van der Waals surface area contributed by atoms with Crippen LogP contribution < -0.4 is 0 Å². The molecule has 2 heteroatoms. The number of aliphatic hydroxyl groups is 1. The van der Waals surface area contributed by atoms with E-state index in [1.807, 2.05) is 17.8 Å². The Morgan fingerprint density at radius 3 is 2.43 bits per heavy atom. The summed E-state index contributed by atoms with van der Waals surface area (Å²) in [6.07, 6.45) is 0.877. The molecule has 0 aliphatic carbocycles. The van der Waals surface area contributed by atoms with Crippen molar-refractivity contribution < 1.29 is 5.11 Å². The summed E-state index contributed by atoms with van der Waals surface area (Å²) in [6, 6.07) is 10.5. The molecule has 2 unspecified atom stereocenters. The van der Waals surface area contributed by atoms with E-state index in [1.54, 1.807) is 0 Å². The lowest BCUT2D eigenvalue weighted by molar-refractivity contribution is 0.289. The van der Waals surface area contributed by atoms with Crippen molar-refractivity contribution in [2.24, 2.45) is 0 Å². The minimum absolute atomic E-state index is 0.287. The normalized spacial score (nSPS) is 15.1. The maximum Gasteiger partial charge on any atom is 0.0441 e. The monoisotopic (exact) mass is 210 g/mol. The van der Waals surface area contributed by atoms with Gasteiger partial charge >= 0.3 is 0 Å². The van der Waals surface area contributed by atoms with Gasteiger partial charge in [0.2, 0.25) is 0 Å². The van der Waals surface area contributed by atoms with Gasteiger partial charge in [0.05, 0.1) is 0 Å². The first-order chi connectivity index (χ1) is 6.74. The van der Waals surface area contributed by atoms with E-state index in [4.69, 9.17) is 5.11 Å². The molecular weight excluding hydrogens is 192 g/mol. The lowest BCUT2D eigenvalue weighted by atomic mass is 10.2. The first-order valence-electron chi connectivity index (χ1n) is 5.05. The highest BCUT2D eigenvalue weighted by atomic mass is 32.2. The third kappa shape index (κ3) is 3.72. The molecule has 0 spiro atoms. The summed E-state index contributed by atoms with van der Waals surface area (Å²) in [4.78, 5) is 0. The van der Waals surface area contributed by atoms with Gasteiger partial charge in [-0.2, -0.15) is 11.8 Å². The smallest absolute Gasteiger partial charge is 0.0441 e. The van der Waals surface area contributed by atoms with Crippen LogP contribution in [-0.2, 0) is 0 Å². The molecule has 0 bridgehead atoms. The molecule has 1 aromatic rings. The molecule has 0 saturated carbocycles. The number of rotatable bonds is 5. The van der Waals surface area contributed by atoms with E-state index in [1.165, 1.54) is 5.56 Å². The van der Waals surface area contributed by atoms with Crippen molar-refractivity contribution in [2.45, 2.75) is 30.8 Å². The van der Waals surface area contributed by atoms with Crippen molar-refractivity contribution in [1.82, 2.24) is 0 Å². The summed E-state index contributed by atoms with van der Waals surface area (Å²) in [5, 5.41) is 9.84. The van der Waals surface area contributed by atoms with Crippen molar-refractivity contribution in [1.29, 1.82) is 0 Å². The molecule has 0 aromatic heterocycles. The van der Waals surface area contributed by atoms with Crippen LogP contribution in [0.25, 0.3) is 0 Å². The van der Waals surface area contributed by atoms with Gasteiger partial charge in [0.15, 0.2) is 0 Å². The molecule has 2 atom stereocenters. The number of aliphatic hydroxyl groups excluding tert-OH is 1. The minimum Gasteiger partial charge on any atom is -0.396 e. The van der Waals surface area contributed by atoms with Gasteiger partial charge in [-0.05, 0) is 18.9 Å². The fourth-order valence-corrected chi connectivity index (χ4v) is 2.65. The zero-order valence-corrected chi connectivity index (χ0v) is 9.63. The second kappa shape index (κ2) is 6.10. The zero-order valence-electron chi connectivity index (χ0n) is 8.81. The van der Waals surface area contributed by atoms with Crippen LogP contribution in [0.15, 0.2) is 30.3 Å². The highest BCUT2D eigenvalue weighted by Gasteiger charge is 2.09. The molecule has 1 N–H and O–H groups in total. The standard InChI is InChI=1S/C12H18OS/c1-10(8-9-13)14-11(2)12-6-4-3-5-7-12/h3-7,10-11,13H,8-9H2,1-2H3. The SMILES string of the molecule is CC(CCO)SC(C)c1ccccc1. The largest absolute Gasteiger partial charge is 0.396 e. The lowest BCUT2D eigenvalue weighted by Gasteiger charge is -2.16. The predicted molar refractivity (Wildman–Crippen MR) is 63.6 cm³/mol. The van der Waals surface area contributed by atoms with E-state index < -0.39 is 0 Å². The Hall–Kier alpha value is -0.470. The van der Waals surface area contributed by atoms with Crippen molar-refractivity contribution in [2.75, 3.05) is 6.61 Å². The summed E-state index contributed by atoms with van der Waals surface area (Å²) < 4.78 is 0. The Kier molecular flexibility index (Phi) is 5.05. The van der Waals surface area contributed by atoms with Crippen LogP contribution in [0.3, 0.4) is 0 Å². The summed E-state index contributed by atoms with van der Waals surface area (Å²) in [6.45, 7) is 4.67. The maximum atomic E-state index is 8.81. The molecule has 0 radical (unpaired) electrons. The highest BCUT2D eigenvalue weighted by molar-refractivity contribution is 8.00. The second-order valence-corrected chi connectivity index (χ2v) is 5.30. The Labute approximate surface area is 90.5 Å². The zero-order chi connectivity index (χ0) is 10.4. The van der Waals surface area contributed by atoms with E-state index in [0.717, 1.165) is 6.42 Å². The fourth-order valence-electron chi connectivity index (χ4n) is 1.40. The third-order valence-electron chi connectivity index (χ3n) is 2.24. The number of benzene rings is 1. The van der Waals surface area contributed by atoms with E-state index in [9.17, 15) is 0 Å². The van der Waals surface area contributed by atoms with Crippen LogP contribution in [-0.4, -0.2) is 17.0 Å². The highest BCUT2D eigenvalue weighted by Crippen LogP contribution is 2.32. The molecule has 1 rings (SSSR count). The van der Waals surface area contributed by atoms with Gasteiger partial charge in [0.1, 0.15) is 0 Å². The Morgan fingerprint density at radius 2 is 1.86 bits per heavy atom. The predicted octanol–water partition coefficient (Wildman–Crippen LogP) is 3.25. The summed E-state index contributed by atoms with van der Waals surface area (Å²) in [5.41, 5.74) is 1.36. The summed E-state index contributed by atoms with van der Waals surface area (Å²) in [7, 11) is 0. The fraction of sp³-hybridized carbons (Fsp3) is 0.500. The van der Waals surface area contributed by atoms with Crippen LogP contribution in [0.1, 0.15) is 31.1 Å². The van der Waals surface area contributed by atoms with Crippen molar-refractivity contribution in [3.8, 4) is 0 Å². The summed E-state index contributed by atoms with van der Waals surface area (Å²) >= 11 is 1.92. The van der Waals surface area contributed by atoms with Gasteiger partial charge in [0.25, 0.3) is 0 Å². The number of hydrogen-bond acceptors (Lipinski definition) is 2. The Morgan fingerprint density at radius 1 is 1.21 bits per heavy atom. The molecule has 0 saturated heterocycles. The van der Waals surface area contributed by atoms with Crippen molar-refractivity contribution >= 4 is 11.8 Å². The van der Waals surface area contributed by atoms with E-state index >= 15 is 0 Å². The molecule has 0 heterocycles. The van der Waals surface area contributed by atoms with Gasteiger partial charge in [-0.15, -0.1) is 0 Å². The topological polar surface area (TPSA) is 20.2 Å². The second-order valence-electron chi connectivity index (χ2n) is 3.51. The molecular formula is C12H18OS. The van der Waals surface area contributed by atoms with Crippen molar-refractivity contribution in [3.05, 3.63) is 35.9 Å². The Balaban J connectivity index is 2.46. The van der Waals surface area contributed by atoms with Crippen LogP contribution in [0, 0.1) is 0 Å².